The molecule has 1 heterocycles. The summed E-state index contributed by atoms with van der Waals surface area (Å²) in [6, 6.07) is 0. The molecule has 0 aromatic heterocycles. The molecule has 1 unspecified atom stereocenters. The van der Waals surface area contributed by atoms with Crippen molar-refractivity contribution in [3.8, 4) is 0 Å². The zero-order valence-corrected chi connectivity index (χ0v) is 22.3. The van der Waals surface area contributed by atoms with Gasteiger partial charge in [0, 0.05) is 18.9 Å². The van der Waals surface area contributed by atoms with Crippen molar-refractivity contribution in [1.82, 2.24) is 0 Å². The third-order valence-electron chi connectivity index (χ3n) is 7.21. The summed E-state index contributed by atoms with van der Waals surface area (Å²) < 4.78 is 23.2. The molecule has 3 rings (SSSR count). The molecule has 0 amide bonds. The molecule has 1 aliphatic heterocycles. The van der Waals surface area contributed by atoms with Crippen LogP contribution in [0.1, 0.15) is 91.9 Å². The van der Waals surface area contributed by atoms with Crippen molar-refractivity contribution in [3.63, 3.8) is 0 Å². The second kappa shape index (κ2) is 13.7. The van der Waals surface area contributed by atoms with Crippen molar-refractivity contribution in [2.75, 3.05) is 19.8 Å². The molecule has 0 bridgehead atoms. The number of allylic oxidation sites excluding steroid dienone is 2. The molecule has 2 aliphatic carbocycles. The standard InChI is InChI=1S/C29H46O6/c1-5-6-7-10-23(30)12-13-24-25-18-21(14-16-32-20-27(31)35-29(2,3)4)17-22(25)19-26(24)34-28-11-8-9-15-33-28/h12-14,22,24-26,28H,5-11,15-20H2,1-4H3/b13-12+,21-14+/t22-,24+,25-,26+,28?/m0/s1. The zero-order valence-electron chi connectivity index (χ0n) is 22.3. The molecule has 2 saturated carbocycles. The Balaban J connectivity index is 1.55. The number of hydrogen-bond donors (Lipinski definition) is 0. The Morgan fingerprint density at radius 1 is 1.14 bits per heavy atom. The monoisotopic (exact) mass is 490 g/mol. The van der Waals surface area contributed by atoms with Gasteiger partial charge in [0.05, 0.1) is 12.7 Å². The van der Waals surface area contributed by atoms with Gasteiger partial charge in [0.25, 0.3) is 0 Å². The lowest BCUT2D eigenvalue weighted by atomic mass is 9.90. The fourth-order valence-corrected chi connectivity index (χ4v) is 5.61. The Labute approximate surface area is 211 Å². The Morgan fingerprint density at radius 2 is 1.97 bits per heavy atom. The van der Waals surface area contributed by atoms with E-state index in [9.17, 15) is 9.59 Å². The van der Waals surface area contributed by atoms with E-state index in [1.807, 2.05) is 26.8 Å². The van der Waals surface area contributed by atoms with Gasteiger partial charge in [0.2, 0.25) is 0 Å². The topological polar surface area (TPSA) is 71.1 Å². The summed E-state index contributed by atoms with van der Waals surface area (Å²) in [7, 11) is 0. The van der Waals surface area contributed by atoms with Crippen molar-refractivity contribution in [1.29, 1.82) is 0 Å². The molecule has 3 aliphatic rings. The molecular formula is C29H46O6. The van der Waals surface area contributed by atoms with Gasteiger partial charge in [-0.15, -0.1) is 0 Å². The number of esters is 1. The normalized spacial score (nSPS) is 30.2. The quantitative estimate of drug-likeness (QED) is 0.146. The first-order valence-electron chi connectivity index (χ1n) is 13.7. The summed E-state index contributed by atoms with van der Waals surface area (Å²) in [6.07, 6.45) is 16.1. The van der Waals surface area contributed by atoms with Crippen LogP contribution in [0.2, 0.25) is 0 Å². The van der Waals surface area contributed by atoms with E-state index in [0.29, 0.717) is 24.9 Å². The van der Waals surface area contributed by atoms with Crippen molar-refractivity contribution in [2.24, 2.45) is 17.8 Å². The number of fused-ring (bicyclic) bond motifs is 1. The summed E-state index contributed by atoms with van der Waals surface area (Å²) in [6.45, 7) is 8.87. The number of carbonyl (C=O) groups is 2. The molecule has 35 heavy (non-hydrogen) atoms. The molecule has 3 fully saturated rings. The van der Waals surface area contributed by atoms with E-state index in [0.717, 1.165) is 64.4 Å². The van der Waals surface area contributed by atoms with Crippen LogP contribution in [-0.4, -0.2) is 49.6 Å². The van der Waals surface area contributed by atoms with Crippen molar-refractivity contribution >= 4 is 11.8 Å². The SMILES string of the molecule is CCCCCC(=O)/C=C/[C@@H]1[C@H]2C/C(=C/COCC(=O)OC(C)(C)C)C[C@H]2C[C@H]1OC1CCCCO1. The van der Waals surface area contributed by atoms with E-state index in [-0.39, 0.29) is 36.7 Å². The van der Waals surface area contributed by atoms with E-state index in [4.69, 9.17) is 18.9 Å². The van der Waals surface area contributed by atoms with Crippen LogP contribution in [0.3, 0.4) is 0 Å². The second-order valence-corrected chi connectivity index (χ2v) is 11.4. The summed E-state index contributed by atoms with van der Waals surface area (Å²) in [4.78, 5) is 24.3. The van der Waals surface area contributed by atoms with Crippen LogP contribution in [0.5, 0.6) is 0 Å². The number of hydrogen-bond acceptors (Lipinski definition) is 6. The lowest BCUT2D eigenvalue weighted by Gasteiger charge is -2.29. The van der Waals surface area contributed by atoms with Crippen molar-refractivity contribution < 1.29 is 28.5 Å². The number of carbonyl (C=O) groups excluding carboxylic acids is 2. The van der Waals surface area contributed by atoms with Gasteiger partial charge in [-0.2, -0.15) is 0 Å². The van der Waals surface area contributed by atoms with Crippen molar-refractivity contribution in [3.05, 3.63) is 23.8 Å². The Kier molecular flexibility index (Phi) is 11.0. The number of rotatable bonds is 12. The molecule has 6 nitrogen and oxygen atoms in total. The average molecular weight is 491 g/mol. The summed E-state index contributed by atoms with van der Waals surface area (Å²) in [5, 5.41) is 0. The third-order valence-corrected chi connectivity index (χ3v) is 7.21. The predicted octanol–water partition coefficient (Wildman–Crippen LogP) is 5.93. The first-order chi connectivity index (χ1) is 16.7. The lowest BCUT2D eigenvalue weighted by Crippen LogP contribution is -2.30. The molecular weight excluding hydrogens is 444 g/mol. The highest BCUT2D eigenvalue weighted by Gasteiger charge is 2.47. The van der Waals surface area contributed by atoms with Crippen LogP contribution >= 0.6 is 0 Å². The smallest absolute Gasteiger partial charge is 0.332 e. The van der Waals surface area contributed by atoms with Gasteiger partial charge in [-0.1, -0.05) is 37.5 Å². The van der Waals surface area contributed by atoms with Gasteiger partial charge >= 0.3 is 5.97 Å². The van der Waals surface area contributed by atoms with Gasteiger partial charge in [-0.05, 0) is 83.6 Å². The van der Waals surface area contributed by atoms with Crippen molar-refractivity contribution in [2.45, 2.75) is 110 Å². The summed E-state index contributed by atoms with van der Waals surface area (Å²) in [5.41, 5.74) is 0.882. The van der Waals surface area contributed by atoms with Gasteiger partial charge in [-0.3, -0.25) is 4.79 Å². The molecule has 5 atom stereocenters. The largest absolute Gasteiger partial charge is 0.458 e. The zero-order chi connectivity index (χ0) is 25.3. The van der Waals surface area contributed by atoms with Gasteiger partial charge in [0.1, 0.15) is 12.2 Å². The predicted molar refractivity (Wildman–Crippen MR) is 136 cm³/mol. The molecule has 0 aromatic carbocycles. The lowest BCUT2D eigenvalue weighted by molar-refractivity contribution is -0.193. The van der Waals surface area contributed by atoms with Crippen LogP contribution in [0.4, 0.5) is 0 Å². The highest BCUT2D eigenvalue weighted by Crippen LogP contribution is 2.51. The molecule has 0 radical (unpaired) electrons. The van der Waals surface area contributed by atoms with Crippen LogP contribution < -0.4 is 0 Å². The highest BCUT2D eigenvalue weighted by molar-refractivity contribution is 5.89. The molecule has 0 spiro atoms. The molecule has 6 heteroatoms. The van der Waals surface area contributed by atoms with Crippen LogP contribution in [-0.2, 0) is 28.5 Å². The minimum atomic E-state index is -0.497. The van der Waals surface area contributed by atoms with Crippen LogP contribution in [0.15, 0.2) is 23.8 Å². The summed E-state index contributed by atoms with van der Waals surface area (Å²) in [5.74, 6) is 1.14. The molecule has 0 N–H and O–H groups in total. The molecule has 0 aromatic rings. The van der Waals surface area contributed by atoms with E-state index in [2.05, 4.69) is 19.1 Å². The van der Waals surface area contributed by atoms with Crippen LogP contribution in [0, 0.1) is 17.8 Å². The number of unbranched alkanes of at least 4 members (excludes halogenated alkanes) is 2. The number of ether oxygens (including phenoxy) is 4. The fourth-order valence-electron chi connectivity index (χ4n) is 5.61. The minimum absolute atomic E-state index is 0.0310. The third kappa shape index (κ3) is 9.47. The average Bonchev–Trinajstić information content (AvgIpc) is 3.32. The molecule has 198 valence electrons. The fraction of sp³-hybridized carbons (Fsp3) is 0.793. The minimum Gasteiger partial charge on any atom is -0.458 e. The second-order valence-electron chi connectivity index (χ2n) is 11.4. The maximum absolute atomic E-state index is 12.4. The Hall–Kier alpha value is -1.50. The molecule has 1 saturated heterocycles. The first-order valence-corrected chi connectivity index (χ1v) is 13.7. The van der Waals surface area contributed by atoms with Gasteiger partial charge in [0.15, 0.2) is 12.1 Å². The maximum Gasteiger partial charge on any atom is 0.332 e. The van der Waals surface area contributed by atoms with E-state index < -0.39 is 5.60 Å². The highest BCUT2D eigenvalue weighted by atomic mass is 16.7. The first kappa shape index (κ1) is 28.1. The van der Waals surface area contributed by atoms with E-state index in [1.54, 1.807) is 0 Å². The maximum atomic E-state index is 12.4. The van der Waals surface area contributed by atoms with E-state index >= 15 is 0 Å². The Morgan fingerprint density at radius 3 is 2.69 bits per heavy atom. The number of ketones is 1. The van der Waals surface area contributed by atoms with Gasteiger partial charge < -0.3 is 18.9 Å². The van der Waals surface area contributed by atoms with Gasteiger partial charge in [-0.25, -0.2) is 4.79 Å². The van der Waals surface area contributed by atoms with E-state index in [1.165, 1.54) is 5.57 Å². The summed E-state index contributed by atoms with van der Waals surface area (Å²) >= 11 is 0. The van der Waals surface area contributed by atoms with Crippen LogP contribution in [0.25, 0.3) is 0 Å². The Bertz CT molecular complexity index is 743.